The SMILES string of the molecule is CC[C@@H](COCCC(=O)N1CCN(c2ncc(C(F)(F)F)cn2)CC1)Oc1cn[nH]c(=O)c1C(F)(F)F. The van der Waals surface area contributed by atoms with Crippen LogP contribution in [0.2, 0.25) is 0 Å². The molecule has 0 aromatic carbocycles. The minimum Gasteiger partial charge on any atom is -0.485 e. The summed E-state index contributed by atoms with van der Waals surface area (Å²) >= 11 is 0. The van der Waals surface area contributed by atoms with Crippen molar-refractivity contribution >= 4 is 11.9 Å². The number of aromatic amines is 1. The molecule has 0 radical (unpaired) electrons. The van der Waals surface area contributed by atoms with Gasteiger partial charge in [-0.25, -0.2) is 15.1 Å². The van der Waals surface area contributed by atoms with Gasteiger partial charge in [0.05, 0.1) is 31.4 Å². The fourth-order valence-corrected chi connectivity index (χ4v) is 3.47. The van der Waals surface area contributed by atoms with Crippen LogP contribution in [0.25, 0.3) is 0 Å². The van der Waals surface area contributed by atoms with Crippen molar-refractivity contribution in [3.05, 3.63) is 40.1 Å². The molecule has 1 N–H and O–H groups in total. The fourth-order valence-electron chi connectivity index (χ4n) is 3.47. The second-order valence-corrected chi connectivity index (χ2v) is 8.05. The maximum absolute atomic E-state index is 13.2. The number of anilines is 1. The number of nitrogens with zero attached hydrogens (tertiary/aromatic N) is 5. The lowest BCUT2D eigenvalue weighted by atomic mass is 10.2. The van der Waals surface area contributed by atoms with Crippen molar-refractivity contribution in [2.75, 3.05) is 44.3 Å². The Morgan fingerprint density at radius 3 is 2.27 bits per heavy atom. The summed E-state index contributed by atoms with van der Waals surface area (Å²) in [7, 11) is 0. The highest BCUT2D eigenvalue weighted by Crippen LogP contribution is 2.33. The topological polar surface area (TPSA) is 114 Å². The van der Waals surface area contributed by atoms with E-state index in [0.29, 0.717) is 38.6 Å². The number of piperazine rings is 1. The summed E-state index contributed by atoms with van der Waals surface area (Å²) in [6.07, 6.45) is -7.81. The monoisotopic (exact) mass is 538 g/mol. The van der Waals surface area contributed by atoms with Gasteiger partial charge in [0.1, 0.15) is 6.10 Å². The number of ether oxygens (including phenoxy) is 2. The first-order valence-corrected chi connectivity index (χ1v) is 11.2. The van der Waals surface area contributed by atoms with E-state index in [-0.39, 0.29) is 37.9 Å². The van der Waals surface area contributed by atoms with E-state index in [4.69, 9.17) is 9.47 Å². The van der Waals surface area contributed by atoms with Crippen LogP contribution in [-0.4, -0.2) is 76.5 Å². The van der Waals surface area contributed by atoms with Crippen LogP contribution in [0.1, 0.15) is 30.9 Å². The molecule has 1 atom stereocenters. The van der Waals surface area contributed by atoms with Crippen molar-refractivity contribution in [2.45, 2.75) is 38.2 Å². The van der Waals surface area contributed by atoms with Gasteiger partial charge in [-0.05, 0) is 6.42 Å². The van der Waals surface area contributed by atoms with Crippen molar-refractivity contribution in [1.29, 1.82) is 0 Å². The Bertz CT molecular complexity index is 1100. The molecular weight excluding hydrogens is 514 g/mol. The Morgan fingerprint density at radius 1 is 1.05 bits per heavy atom. The average molecular weight is 538 g/mol. The van der Waals surface area contributed by atoms with Gasteiger partial charge in [-0.2, -0.15) is 31.4 Å². The van der Waals surface area contributed by atoms with E-state index in [0.717, 1.165) is 6.20 Å². The van der Waals surface area contributed by atoms with Crippen LogP contribution >= 0.6 is 0 Å². The lowest BCUT2D eigenvalue weighted by Crippen LogP contribution is -2.49. The summed E-state index contributed by atoms with van der Waals surface area (Å²) in [6, 6.07) is 0. The molecule has 3 heterocycles. The fraction of sp³-hybridized carbons (Fsp3) is 0.571. The molecule has 16 heteroatoms. The highest BCUT2D eigenvalue weighted by Gasteiger charge is 2.39. The first-order valence-electron chi connectivity index (χ1n) is 11.2. The summed E-state index contributed by atoms with van der Waals surface area (Å²) in [5.74, 6) is -0.795. The molecule has 1 amide bonds. The number of aromatic nitrogens is 4. The molecule has 2 aromatic heterocycles. The molecule has 0 unspecified atom stereocenters. The van der Waals surface area contributed by atoms with Gasteiger partial charge in [0.15, 0.2) is 11.3 Å². The molecule has 3 rings (SSSR count). The zero-order valence-electron chi connectivity index (χ0n) is 19.6. The van der Waals surface area contributed by atoms with Crippen molar-refractivity contribution in [3.8, 4) is 5.75 Å². The van der Waals surface area contributed by atoms with Gasteiger partial charge in [0.25, 0.3) is 5.56 Å². The summed E-state index contributed by atoms with van der Waals surface area (Å²) in [6.45, 7) is 2.80. The number of halogens is 6. The summed E-state index contributed by atoms with van der Waals surface area (Å²) < 4.78 is 88.2. The largest absolute Gasteiger partial charge is 0.485 e. The summed E-state index contributed by atoms with van der Waals surface area (Å²) in [5.41, 5.74) is -3.86. The van der Waals surface area contributed by atoms with E-state index in [9.17, 15) is 35.9 Å². The number of rotatable bonds is 9. The number of carbonyl (C=O) groups excluding carboxylic acids is 1. The number of hydrogen-bond donors (Lipinski definition) is 1. The van der Waals surface area contributed by atoms with Gasteiger partial charge in [-0.15, -0.1) is 0 Å². The highest BCUT2D eigenvalue weighted by atomic mass is 19.4. The van der Waals surface area contributed by atoms with Crippen molar-refractivity contribution in [2.24, 2.45) is 0 Å². The van der Waals surface area contributed by atoms with Crippen molar-refractivity contribution in [1.82, 2.24) is 25.1 Å². The van der Waals surface area contributed by atoms with Crippen LogP contribution in [0, 0.1) is 0 Å². The van der Waals surface area contributed by atoms with Crippen LogP contribution in [0.15, 0.2) is 23.4 Å². The quantitative estimate of drug-likeness (QED) is 0.383. The van der Waals surface area contributed by atoms with Gasteiger partial charge >= 0.3 is 12.4 Å². The predicted octanol–water partition coefficient (Wildman–Crippen LogP) is 2.51. The van der Waals surface area contributed by atoms with Gasteiger partial charge < -0.3 is 19.3 Å². The molecular formula is C21H24F6N6O4. The number of carbonyl (C=O) groups is 1. The third-order valence-corrected chi connectivity index (χ3v) is 5.50. The normalized spacial score (nSPS) is 15.5. The Hall–Kier alpha value is -3.43. The van der Waals surface area contributed by atoms with Gasteiger partial charge in [-0.3, -0.25) is 9.59 Å². The number of amides is 1. The van der Waals surface area contributed by atoms with Crippen LogP contribution in [0.5, 0.6) is 5.75 Å². The molecule has 37 heavy (non-hydrogen) atoms. The smallest absolute Gasteiger partial charge is 0.425 e. The molecule has 0 aliphatic carbocycles. The number of alkyl halides is 6. The molecule has 1 fully saturated rings. The second kappa shape index (κ2) is 11.7. The Kier molecular flexibility index (Phi) is 8.94. The zero-order chi connectivity index (χ0) is 27.2. The molecule has 2 aromatic rings. The minimum atomic E-state index is -4.93. The third kappa shape index (κ3) is 7.53. The first-order chi connectivity index (χ1) is 17.4. The Balaban J connectivity index is 1.43. The molecule has 1 aliphatic heterocycles. The van der Waals surface area contributed by atoms with Gasteiger partial charge in [-0.1, -0.05) is 6.92 Å². The van der Waals surface area contributed by atoms with Crippen LogP contribution in [-0.2, 0) is 21.9 Å². The number of H-pyrrole nitrogens is 1. The van der Waals surface area contributed by atoms with E-state index in [2.05, 4.69) is 15.1 Å². The van der Waals surface area contributed by atoms with Gasteiger partial charge in [0, 0.05) is 38.6 Å². The summed E-state index contributed by atoms with van der Waals surface area (Å²) in [4.78, 5) is 34.7. The van der Waals surface area contributed by atoms with E-state index in [1.165, 1.54) is 0 Å². The third-order valence-electron chi connectivity index (χ3n) is 5.50. The van der Waals surface area contributed by atoms with E-state index < -0.39 is 40.9 Å². The summed E-state index contributed by atoms with van der Waals surface area (Å²) in [5, 5.41) is 5.07. The average Bonchev–Trinajstić information content (AvgIpc) is 2.84. The lowest BCUT2D eigenvalue weighted by Gasteiger charge is -2.34. The van der Waals surface area contributed by atoms with Crippen LogP contribution in [0.4, 0.5) is 32.3 Å². The first kappa shape index (κ1) is 28.1. The van der Waals surface area contributed by atoms with Crippen molar-refractivity contribution < 1.29 is 40.6 Å². The Labute approximate surface area is 206 Å². The molecule has 10 nitrogen and oxygen atoms in total. The van der Waals surface area contributed by atoms with Crippen molar-refractivity contribution in [3.63, 3.8) is 0 Å². The zero-order valence-corrected chi connectivity index (χ0v) is 19.6. The van der Waals surface area contributed by atoms with Crippen LogP contribution < -0.4 is 15.2 Å². The lowest BCUT2D eigenvalue weighted by molar-refractivity contribution is -0.141. The molecule has 0 bridgehead atoms. The highest BCUT2D eigenvalue weighted by molar-refractivity contribution is 5.76. The second-order valence-electron chi connectivity index (χ2n) is 8.05. The maximum atomic E-state index is 13.2. The van der Waals surface area contributed by atoms with E-state index in [1.54, 1.807) is 21.8 Å². The number of hydrogen-bond acceptors (Lipinski definition) is 8. The maximum Gasteiger partial charge on any atom is 0.425 e. The molecule has 0 spiro atoms. The van der Waals surface area contributed by atoms with E-state index >= 15 is 0 Å². The number of nitrogens with one attached hydrogen (secondary N) is 1. The Morgan fingerprint density at radius 2 is 1.70 bits per heavy atom. The molecule has 1 aliphatic rings. The molecule has 204 valence electrons. The van der Waals surface area contributed by atoms with E-state index in [1.807, 2.05) is 0 Å². The van der Waals surface area contributed by atoms with Gasteiger partial charge in [0.2, 0.25) is 11.9 Å². The molecule has 0 saturated carbocycles. The minimum absolute atomic E-state index is 0.00752. The molecule has 1 saturated heterocycles. The standard InChI is InChI=1S/C21H24F6N6O4/c1-2-14(37-15-11-30-31-18(35)17(15)21(25,26)27)12-36-8-3-16(34)32-4-6-33(7-5-32)19-28-9-13(10-29-19)20(22,23)24/h9-11,14H,2-8,12H2,1H3,(H,31,35)/t14-/m0/s1. The predicted molar refractivity (Wildman–Crippen MR) is 116 cm³/mol. The van der Waals surface area contributed by atoms with Crippen LogP contribution in [0.3, 0.4) is 0 Å².